The van der Waals surface area contributed by atoms with Gasteiger partial charge in [0.25, 0.3) is 5.91 Å². The number of halogens is 1. The number of aryl methyl sites for hydroxylation is 2. The van der Waals surface area contributed by atoms with Crippen molar-refractivity contribution in [2.24, 2.45) is 7.05 Å². The molecule has 7 heteroatoms. The number of aromatic nitrogens is 2. The standard InChI is InChI=1S/C14H23ClN4O2/c1-4-19-7-8-21-11(9-19)5-6-16-14(20)13-12(15)10(2)17-18(13)3/h11H,4-9H2,1-3H3,(H,16,20). The van der Waals surface area contributed by atoms with E-state index in [1.165, 1.54) is 4.68 Å². The zero-order chi connectivity index (χ0) is 15.4. The van der Waals surface area contributed by atoms with Gasteiger partial charge in [-0.05, 0) is 19.9 Å². The molecule has 1 fully saturated rings. The first-order chi connectivity index (χ1) is 10.0. The molecule has 118 valence electrons. The van der Waals surface area contributed by atoms with Gasteiger partial charge in [-0.2, -0.15) is 5.10 Å². The molecule has 1 N–H and O–H groups in total. The lowest BCUT2D eigenvalue weighted by molar-refractivity contribution is -0.0296. The highest BCUT2D eigenvalue weighted by molar-refractivity contribution is 6.34. The number of ether oxygens (including phenoxy) is 1. The van der Waals surface area contributed by atoms with Gasteiger partial charge < -0.3 is 10.1 Å². The lowest BCUT2D eigenvalue weighted by atomic mass is 10.2. The van der Waals surface area contributed by atoms with Crippen LogP contribution in [0.25, 0.3) is 0 Å². The minimum atomic E-state index is -0.189. The number of likely N-dealkylation sites (N-methyl/N-ethyl adjacent to an activating group) is 1. The van der Waals surface area contributed by atoms with Gasteiger partial charge in [0, 0.05) is 26.7 Å². The average molecular weight is 315 g/mol. The summed E-state index contributed by atoms with van der Waals surface area (Å²) in [6.45, 7) is 8.23. The van der Waals surface area contributed by atoms with Crippen molar-refractivity contribution in [3.05, 3.63) is 16.4 Å². The van der Waals surface area contributed by atoms with Gasteiger partial charge in [-0.15, -0.1) is 0 Å². The van der Waals surface area contributed by atoms with Gasteiger partial charge in [0.2, 0.25) is 0 Å². The third kappa shape index (κ3) is 3.96. The molecule has 1 unspecified atom stereocenters. The zero-order valence-corrected chi connectivity index (χ0v) is 13.6. The van der Waals surface area contributed by atoms with E-state index in [4.69, 9.17) is 16.3 Å². The smallest absolute Gasteiger partial charge is 0.271 e. The number of nitrogens with one attached hydrogen (secondary N) is 1. The highest BCUT2D eigenvalue weighted by Gasteiger charge is 2.21. The summed E-state index contributed by atoms with van der Waals surface area (Å²) < 4.78 is 7.23. The van der Waals surface area contributed by atoms with Crippen LogP contribution < -0.4 is 5.32 Å². The minimum absolute atomic E-state index is 0.183. The molecule has 0 aliphatic carbocycles. The second kappa shape index (κ2) is 7.24. The first-order valence-corrected chi connectivity index (χ1v) is 7.72. The Kier molecular flexibility index (Phi) is 5.61. The molecule has 2 heterocycles. The third-order valence-corrected chi connectivity index (χ3v) is 4.24. The Bertz CT molecular complexity index is 503. The number of carbonyl (C=O) groups excluding carboxylic acids is 1. The quantitative estimate of drug-likeness (QED) is 0.888. The number of hydrogen-bond acceptors (Lipinski definition) is 4. The summed E-state index contributed by atoms with van der Waals surface area (Å²) in [5.74, 6) is -0.189. The zero-order valence-electron chi connectivity index (χ0n) is 12.9. The molecule has 0 saturated carbocycles. The van der Waals surface area contributed by atoms with Crippen molar-refractivity contribution in [1.29, 1.82) is 0 Å². The summed E-state index contributed by atoms with van der Waals surface area (Å²) in [7, 11) is 1.72. The summed E-state index contributed by atoms with van der Waals surface area (Å²) in [5.41, 5.74) is 1.08. The van der Waals surface area contributed by atoms with Gasteiger partial charge in [0.05, 0.1) is 23.4 Å². The van der Waals surface area contributed by atoms with E-state index in [-0.39, 0.29) is 12.0 Å². The van der Waals surface area contributed by atoms with E-state index in [0.29, 0.717) is 23.0 Å². The molecule has 1 atom stereocenters. The van der Waals surface area contributed by atoms with E-state index < -0.39 is 0 Å². The molecule has 1 aliphatic heterocycles. The van der Waals surface area contributed by atoms with E-state index in [9.17, 15) is 4.79 Å². The lowest BCUT2D eigenvalue weighted by Gasteiger charge is -2.32. The summed E-state index contributed by atoms with van der Waals surface area (Å²) in [6, 6.07) is 0. The predicted octanol–water partition coefficient (Wildman–Crippen LogP) is 1.22. The molecule has 0 spiro atoms. The van der Waals surface area contributed by atoms with Gasteiger partial charge in [-0.25, -0.2) is 0 Å². The van der Waals surface area contributed by atoms with Crippen molar-refractivity contribution >= 4 is 17.5 Å². The number of hydrogen-bond donors (Lipinski definition) is 1. The van der Waals surface area contributed by atoms with Crippen molar-refractivity contribution in [2.75, 3.05) is 32.8 Å². The van der Waals surface area contributed by atoms with Crippen molar-refractivity contribution in [1.82, 2.24) is 20.0 Å². The molecule has 0 radical (unpaired) electrons. The number of nitrogens with zero attached hydrogens (tertiary/aromatic N) is 3. The fraction of sp³-hybridized carbons (Fsp3) is 0.714. The second-order valence-corrected chi connectivity index (χ2v) is 5.68. The Labute approximate surface area is 130 Å². The maximum atomic E-state index is 12.2. The maximum Gasteiger partial charge on any atom is 0.271 e. The number of carbonyl (C=O) groups is 1. The van der Waals surface area contributed by atoms with Crippen LogP contribution in [0.15, 0.2) is 0 Å². The van der Waals surface area contributed by atoms with E-state index in [0.717, 1.165) is 32.7 Å². The van der Waals surface area contributed by atoms with Crippen LogP contribution in [-0.2, 0) is 11.8 Å². The molecule has 1 aromatic rings. The Morgan fingerprint density at radius 1 is 1.57 bits per heavy atom. The summed E-state index contributed by atoms with van der Waals surface area (Å²) >= 11 is 6.10. The molecule has 1 amide bonds. The number of rotatable bonds is 5. The van der Waals surface area contributed by atoms with Gasteiger partial charge >= 0.3 is 0 Å². The van der Waals surface area contributed by atoms with Crippen molar-refractivity contribution in [3.8, 4) is 0 Å². The normalized spacial score (nSPS) is 19.7. The first-order valence-electron chi connectivity index (χ1n) is 7.34. The van der Waals surface area contributed by atoms with Crippen LogP contribution in [-0.4, -0.2) is 59.5 Å². The maximum absolute atomic E-state index is 12.2. The van der Waals surface area contributed by atoms with Crippen LogP contribution in [0.1, 0.15) is 29.5 Å². The molecule has 1 aromatic heterocycles. The summed E-state index contributed by atoms with van der Waals surface area (Å²) in [6.07, 6.45) is 0.985. The summed E-state index contributed by atoms with van der Waals surface area (Å²) in [5, 5.41) is 7.45. The molecule has 21 heavy (non-hydrogen) atoms. The summed E-state index contributed by atoms with van der Waals surface area (Å²) in [4.78, 5) is 14.5. The van der Waals surface area contributed by atoms with E-state index in [2.05, 4.69) is 22.2 Å². The molecule has 6 nitrogen and oxygen atoms in total. The van der Waals surface area contributed by atoms with Gasteiger partial charge in [0.1, 0.15) is 5.69 Å². The monoisotopic (exact) mass is 314 g/mol. The van der Waals surface area contributed by atoms with Gasteiger partial charge in [0.15, 0.2) is 0 Å². The third-order valence-electron chi connectivity index (χ3n) is 3.79. The average Bonchev–Trinajstić information content (AvgIpc) is 2.72. The van der Waals surface area contributed by atoms with E-state index >= 15 is 0 Å². The van der Waals surface area contributed by atoms with Crippen LogP contribution in [0.3, 0.4) is 0 Å². The molecular formula is C14H23ClN4O2. The molecule has 1 aliphatic rings. The SMILES string of the molecule is CCN1CCOC(CCNC(=O)c2c(Cl)c(C)nn2C)C1. The Morgan fingerprint density at radius 2 is 2.33 bits per heavy atom. The fourth-order valence-electron chi connectivity index (χ4n) is 2.55. The van der Waals surface area contributed by atoms with Crippen LogP contribution in [0, 0.1) is 6.92 Å². The Balaban J connectivity index is 1.82. The second-order valence-electron chi connectivity index (χ2n) is 5.30. The molecule has 0 aromatic carbocycles. The number of morpholine rings is 1. The molecule has 1 saturated heterocycles. The molecule has 2 rings (SSSR count). The topological polar surface area (TPSA) is 59.4 Å². The highest BCUT2D eigenvalue weighted by atomic mass is 35.5. The highest BCUT2D eigenvalue weighted by Crippen LogP contribution is 2.19. The van der Waals surface area contributed by atoms with E-state index in [1.54, 1.807) is 14.0 Å². The van der Waals surface area contributed by atoms with Crippen molar-refractivity contribution in [3.63, 3.8) is 0 Å². The van der Waals surface area contributed by atoms with Crippen LogP contribution in [0.5, 0.6) is 0 Å². The molecule has 0 bridgehead atoms. The Morgan fingerprint density at radius 3 is 2.95 bits per heavy atom. The lowest BCUT2D eigenvalue weighted by Crippen LogP contribution is -2.43. The Hall–Kier alpha value is -1.11. The first kappa shape index (κ1) is 16.3. The fourth-order valence-corrected chi connectivity index (χ4v) is 2.80. The predicted molar refractivity (Wildman–Crippen MR) is 81.8 cm³/mol. The van der Waals surface area contributed by atoms with E-state index in [1.807, 2.05) is 0 Å². The van der Waals surface area contributed by atoms with Crippen molar-refractivity contribution < 1.29 is 9.53 Å². The number of amides is 1. The van der Waals surface area contributed by atoms with Gasteiger partial charge in [-0.1, -0.05) is 18.5 Å². The van der Waals surface area contributed by atoms with Crippen LogP contribution in [0.4, 0.5) is 0 Å². The minimum Gasteiger partial charge on any atom is -0.375 e. The largest absolute Gasteiger partial charge is 0.375 e. The van der Waals surface area contributed by atoms with Crippen LogP contribution in [0.2, 0.25) is 5.02 Å². The van der Waals surface area contributed by atoms with Crippen molar-refractivity contribution in [2.45, 2.75) is 26.4 Å². The van der Waals surface area contributed by atoms with Gasteiger partial charge in [-0.3, -0.25) is 14.4 Å². The molecular weight excluding hydrogens is 292 g/mol. The van der Waals surface area contributed by atoms with Crippen LogP contribution >= 0.6 is 11.6 Å².